The third-order valence-electron chi connectivity index (χ3n) is 2.05. The Morgan fingerprint density at radius 3 is 3.00 bits per heavy atom. The van der Waals surface area contributed by atoms with Crippen molar-refractivity contribution in [3.05, 3.63) is 12.3 Å². The van der Waals surface area contributed by atoms with E-state index >= 15 is 0 Å². The molecule has 86 valence electrons. The molecule has 0 spiro atoms. The van der Waals surface area contributed by atoms with E-state index in [-0.39, 0.29) is 6.54 Å². The number of fused-ring (bicyclic) bond motifs is 1. The number of amides is 1. The Kier molecular flexibility index (Phi) is 2.41. The van der Waals surface area contributed by atoms with Gasteiger partial charge >= 0.3 is 6.30 Å². The van der Waals surface area contributed by atoms with Crippen molar-refractivity contribution < 1.29 is 18.0 Å². The minimum absolute atomic E-state index is 0.0632. The van der Waals surface area contributed by atoms with E-state index in [9.17, 15) is 18.0 Å². The van der Waals surface area contributed by atoms with Gasteiger partial charge in [-0.25, -0.2) is 9.67 Å². The van der Waals surface area contributed by atoms with Crippen LogP contribution in [0.3, 0.4) is 0 Å². The summed E-state index contributed by atoms with van der Waals surface area (Å²) in [4.78, 5) is 15.0. The Hall–Kier alpha value is -1.86. The quantitative estimate of drug-likeness (QED) is 0.730. The van der Waals surface area contributed by atoms with Gasteiger partial charge in [-0.1, -0.05) is 0 Å². The van der Waals surface area contributed by atoms with Crippen molar-refractivity contribution in [3.8, 4) is 0 Å². The molecule has 0 saturated heterocycles. The molecule has 1 N–H and O–H groups in total. The highest BCUT2D eigenvalue weighted by molar-refractivity contribution is 5.94. The van der Waals surface area contributed by atoms with Crippen LogP contribution in [0.25, 0.3) is 0 Å². The van der Waals surface area contributed by atoms with Crippen LogP contribution in [0, 0.1) is 5.92 Å². The van der Waals surface area contributed by atoms with Crippen molar-refractivity contribution in [2.45, 2.75) is 12.8 Å². The molecule has 0 bridgehead atoms. The second-order valence-electron chi connectivity index (χ2n) is 3.24. The van der Waals surface area contributed by atoms with E-state index < -0.39 is 18.1 Å². The van der Waals surface area contributed by atoms with Crippen molar-refractivity contribution >= 4 is 17.9 Å². The van der Waals surface area contributed by atoms with E-state index in [1.807, 2.05) is 0 Å². The van der Waals surface area contributed by atoms with Crippen LogP contribution in [0.4, 0.5) is 19.0 Å². The Morgan fingerprint density at radius 1 is 1.56 bits per heavy atom. The number of aromatic nitrogens is 2. The predicted octanol–water partition coefficient (Wildman–Crippen LogP) is 0.851. The van der Waals surface area contributed by atoms with Crippen LogP contribution in [0.1, 0.15) is 0 Å². The number of alkyl halides is 3. The van der Waals surface area contributed by atoms with Crippen LogP contribution >= 0.6 is 0 Å². The molecule has 0 radical (unpaired) electrons. The summed E-state index contributed by atoms with van der Waals surface area (Å²) in [5, 5.41) is 4.77. The van der Waals surface area contributed by atoms with Crippen LogP contribution in [0.2, 0.25) is 0 Å². The van der Waals surface area contributed by atoms with Crippen molar-refractivity contribution in [1.82, 2.24) is 15.1 Å². The third-order valence-corrected chi connectivity index (χ3v) is 2.05. The molecule has 2 rings (SSSR count). The number of aliphatic imine (C=N–C) groups is 1. The summed E-state index contributed by atoms with van der Waals surface area (Å²) in [5.74, 6) is -1.55. The number of hydrogen-bond acceptors (Lipinski definition) is 3. The lowest BCUT2D eigenvalue weighted by molar-refractivity contribution is -0.171. The number of hydrogen-bond donors (Lipinski definition) is 1. The van der Waals surface area contributed by atoms with Crippen LogP contribution in [0.15, 0.2) is 17.3 Å². The van der Waals surface area contributed by atoms with Gasteiger partial charge in [-0.05, 0) is 0 Å². The molecular weight excluding hydrogens is 225 g/mol. The summed E-state index contributed by atoms with van der Waals surface area (Å²) >= 11 is 0. The van der Waals surface area contributed by atoms with E-state index in [0.29, 0.717) is 5.82 Å². The van der Waals surface area contributed by atoms with E-state index in [2.05, 4.69) is 10.1 Å². The lowest BCUT2D eigenvalue weighted by atomic mass is 10.1. The summed E-state index contributed by atoms with van der Waals surface area (Å²) in [6.45, 7) is 0.0632. The molecule has 1 aliphatic heterocycles. The van der Waals surface area contributed by atoms with Crippen molar-refractivity contribution in [1.29, 1.82) is 0 Å². The fourth-order valence-electron chi connectivity index (χ4n) is 1.36. The lowest BCUT2D eigenvalue weighted by Crippen LogP contribution is -2.43. The number of nitrogens with zero attached hydrogens (tertiary/aromatic N) is 3. The van der Waals surface area contributed by atoms with Gasteiger partial charge in [0.1, 0.15) is 5.82 Å². The maximum absolute atomic E-state index is 11.9. The van der Waals surface area contributed by atoms with E-state index in [1.165, 1.54) is 17.1 Å². The Labute approximate surface area is 88.0 Å². The fraction of sp³-hybridized carbons (Fsp3) is 0.375. The maximum Gasteiger partial charge on any atom is 0.484 e. The fourth-order valence-corrected chi connectivity index (χ4v) is 1.36. The number of carbonyl (C=O) groups excluding carboxylic acids is 1. The van der Waals surface area contributed by atoms with Gasteiger partial charge in [0.25, 0.3) is 0 Å². The number of rotatable bonds is 1. The van der Waals surface area contributed by atoms with E-state index in [1.54, 1.807) is 6.07 Å². The second-order valence-corrected chi connectivity index (χ2v) is 3.24. The zero-order chi connectivity index (χ0) is 11.8. The highest BCUT2D eigenvalue weighted by Crippen LogP contribution is 2.19. The normalized spacial score (nSPS) is 19.3. The lowest BCUT2D eigenvalue weighted by Gasteiger charge is -2.18. The first-order valence-corrected chi connectivity index (χ1v) is 4.40. The van der Waals surface area contributed by atoms with Gasteiger partial charge in [0.15, 0.2) is 0 Å². The van der Waals surface area contributed by atoms with Crippen LogP contribution in [-0.2, 0) is 11.3 Å². The van der Waals surface area contributed by atoms with Crippen molar-refractivity contribution in [2.75, 3.05) is 0 Å². The summed E-state index contributed by atoms with van der Waals surface area (Å²) in [7, 11) is 0. The molecule has 0 aromatic carbocycles. The molecule has 0 fully saturated rings. The minimum Gasteiger partial charge on any atom is -0.274 e. The minimum atomic E-state index is -4.71. The Balaban J connectivity index is 2.06. The monoisotopic (exact) mass is 232 g/mol. The smallest absolute Gasteiger partial charge is 0.274 e. The maximum atomic E-state index is 11.9. The van der Waals surface area contributed by atoms with Gasteiger partial charge in [0.2, 0.25) is 5.91 Å². The van der Waals surface area contributed by atoms with Crippen molar-refractivity contribution in [2.24, 2.45) is 10.9 Å². The molecule has 1 amide bonds. The average Bonchev–Trinajstić information content (AvgIpc) is 2.61. The molecule has 5 nitrogen and oxygen atoms in total. The Bertz CT molecular complexity index is 437. The number of halogens is 3. The molecule has 2 heterocycles. The Morgan fingerprint density at radius 2 is 2.31 bits per heavy atom. The molecule has 16 heavy (non-hydrogen) atoms. The average molecular weight is 232 g/mol. The zero-order valence-corrected chi connectivity index (χ0v) is 7.90. The van der Waals surface area contributed by atoms with E-state index in [0.717, 1.165) is 5.32 Å². The zero-order valence-electron chi connectivity index (χ0n) is 7.90. The van der Waals surface area contributed by atoms with Gasteiger partial charge in [-0.2, -0.15) is 18.3 Å². The van der Waals surface area contributed by atoms with Gasteiger partial charge in [-0.3, -0.25) is 10.1 Å². The molecular formula is C8H7F3N4O. The third kappa shape index (κ3) is 2.20. The molecule has 1 aliphatic rings. The van der Waals surface area contributed by atoms with Gasteiger partial charge in [0.05, 0.1) is 18.7 Å². The first-order valence-electron chi connectivity index (χ1n) is 4.40. The van der Waals surface area contributed by atoms with Gasteiger partial charge in [-0.15, -0.1) is 0 Å². The molecule has 1 unspecified atom stereocenters. The summed E-state index contributed by atoms with van der Waals surface area (Å²) in [6.07, 6.45) is -2.05. The molecule has 1 aromatic rings. The summed E-state index contributed by atoms with van der Waals surface area (Å²) in [5.41, 5.74) is 0. The molecule has 0 aliphatic carbocycles. The number of nitrogens with one attached hydrogen (secondary N) is 1. The summed E-state index contributed by atoms with van der Waals surface area (Å²) in [6, 6.07) is 1.61. The highest BCUT2D eigenvalue weighted by atomic mass is 19.4. The molecule has 8 heteroatoms. The molecule has 0 saturated carbocycles. The van der Waals surface area contributed by atoms with Gasteiger partial charge in [0, 0.05) is 12.3 Å². The van der Waals surface area contributed by atoms with Crippen LogP contribution < -0.4 is 5.32 Å². The largest absolute Gasteiger partial charge is 0.484 e. The predicted molar refractivity (Wildman–Crippen MR) is 48.1 cm³/mol. The van der Waals surface area contributed by atoms with Gasteiger partial charge < -0.3 is 0 Å². The van der Waals surface area contributed by atoms with Crippen molar-refractivity contribution in [3.63, 3.8) is 0 Å². The molecule has 1 atom stereocenters. The van der Waals surface area contributed by atoms with Crippen LogP contribution in [0.5, 0.6) is 0 Å². The standard InChI is InChI=1S/C8H7F3N4O/c9-8(10,11)14-7(16)5-3-12-6-1-2-13-15(6)4-5/h1-3,5H,4H2,(H,14,16). The van der Waals surface area contributed by atoms with E-state index in [4.69, 9.17) is 0 Å². The SMILES string of the molecule is O=C(NC(F)(F)F)C1C=Nc2ccnn2C1. The van der Waals surface area contributed by atoms with Crippen LogP contribution in [-0.4, -0.2) is 28.2 Å². The molecule has 1 aromatic heterocycles. The second kappa shape index (κ2) is 3.62. The highest BCUT2D eigenvalue weighted by Gasteiger charge is 2.33. The summed E-state index contributed by atoms with van der Waals surface area (Å²) < 4.78 is 37.1. The number of carbonyl (C=O) groups is 1. The first-order chi connectivity index (χ1) is 7.46. The topological polar surface area (TPSA) is 59.3 Å². The first kappa shape index (κ1) is 10.7.